The molecule has 6 aromatic carbocycles. The van der Waals surface area contributed by atoms with Crippen molar-refractivity contribution in [3.8, 4) is 17.1 Å². The second-order valence-electron chi connectivity index (χ2n) is 14.4. The first-order valence-corrected chi connectivity index (χ1v) is 20.2. The van der Waals surface area contributed by atoms with Crippen molar-refractivity contribution in [2.75, 3.05) is 36.9 Å². The summed E-state index contributed by atoms with van der Waals surface area (Å²) in [5.74, 6) is -0.544. The second kappa shape index (κ2) is 18.2. The van der Waals surface area contributed by atoms with E-state index in [0.717, 1.165) is 58.2 Å². The fraction of sp³-hybridized carbons (Fsp3) is 0.160. The lowest BCUT2D eigenvalue weighted by Crippen LogP contribution is -2.38. The monoisotopic (exact) mass is 795 g/mol. The molecule has 9 nitrogen and oxygen atoms in total. The van der Waals surface area contributed by atoms with E-state index in [1.165, 1.54) is 0 Å². The summed E-state index contributed by atoms with van der Waals surface area (Å²) < 4.78 is 23.1. The molecule has 0 spiro atoms. The Bertz CT molecular complexity index is 2560. The Hall–Kier alpha value is -7.17. The van der Waals surface area contributed by atoms with Gasteiger partial charge in [-0.05, 0) is 64.7 Å². The maximum atomic E-state index is 15.3. The molecule has 0 unspecified atom stereocenters. The summed E-state index contributed by atoms with van der Waals surface area (Å²) in [6.07, 6.45) is 1.23. The molecule has 0 saturated carbocycles. The predicted molar refractivity (Wildman–Crippen MR) is 237 cm³/mol. The average molecular weight is 796 g/mol. The van der Waals surface area contributed by atoms with Gasteiger partial charge in [-0.1, -0.05) is 159 Å². The molecule has 0 aliphatic carbocycles. The van der Waals surface area contributed by atoms with Gasteiger partial charge in [-0.25, -0.2) is 14.1 Å². The minimum absolute atomic E-state index is 0.0358. The lowest BCUT2D eigenvalue weighted by molar-refractivity contribution is -0.115. The van der Waals surface area contributed by atoms with Crippen LogP contribution in [-0.4, -0.2) is 56.8 Å². The topological polar surface area (TPSA) is 97.2 Å². The quantitative estimate of drug-likeness (QED) is 0.0940. The molecule has 1 amide bonds. The van der Waals surface area contributed by atoms with E-state index in [1.807, 2.05) is 120 Å². The minimum Gasteiger partial charge on any atom is -0.462 e. The fourth-order valence-electron chi connectivity index (χ4n) is 7.71. The van der Waals surface area contributed by atoms with Crippen molar-refractivity contribution in [1.29, 1.82) is 0 Å². The molecular formula is C50H46FN7O2. The van der Waals surface area contributed by atoms with Crippen molar-refractivity contribution in [2.45, 2.75) is 25.8 Å². The number of ether oxygens (including phenoxy) is 1. The molecule has 8 aromatic rings. The van der Waals surface area contributed by atoms with E-state index < -0.39 is 11.4 Å². The van der Waals surface area contributed by atoms with E-state index in [-0.39, 0.29) is 24.2 Å². The third-order valence-corrected chi connectivity index (χ3v) is 10.8. The number of likely N-dealkylation sites (N-methyl/N-ethyl adjacent to an activating group) is 1. The van der Waals surface area contributed by atoms with Crippen LogP contribution in [0.4, 0.5) is 21.7 Å². The number of nitrogens with one attached hydrogen (secondary N) is 2. The lowest BCUT2D eigenvalue weighted by Gasteiger charge is -2.37. The molecule has 10 heteroatoms. The lowest BCUT2D eigenvalue weighted by atomic mass is 9.77. The molecular weight excluding hydrogens is 750 g/mol. The van der Waals surface area contributed by atoms with Crippen LogP contribution in [0, 0.1) is 5.82 Å². The van der Waals surface area contributed by atoms with E-state index in [0.29, 0.717) is 30.0 Å². The smallest absolute Gasteiger partial charge is 0.318 e. The number of halogens is 1. The first-order chi connectivity index (χ1) is 29.5. The summed E-state index contributed by atoms with van der Waals surface area (Å²) in [7, 11) is 0. The number of amides is 1. The summed E-state index contributed by atoms with van der Waals surface area (Å²) in [5, 5.41) is 12.2. The van der Waals surface area contributed by atoms with Crippen LogP contribution in [0.2, 0.25) is 0 Å². The van der Waals surface area contributed by atoms with E-state index in [9.17, 15) is 4.79 Å². The molecule has 300 valence electrons. The largest absolute Gasteiger partial charge is 0.462 e. The molecule has 0 fully saturated rings. The van der Waals surface area contributed by atoms with Gasteiger partial charge in [-0.2, -0.15) is 10.1 Å². The zero-order valence-corrected chi connectivity index (χ0v) is 33.6. The van der Waals surface area contributed by atoms with Crippen molar-refractivity contribution in [3.05, 3.63) is 198 Å². The maximum Gasteiger partial charge on any atom is 0.318 e. The molecule has 0 bridgehead atoms. The maximum absolute atomic E-state index is 15.3. The number of carbonyl (C=O) groups is 1. The average Bonchev–Trinajstić information content (AvgIpc) is 3.65. The van der Waals surface area contributed by atoms with Crippen LogP contribution in [0.1, 0.15) is 36.1 Å². The van der Waals surface area contributed by atoms with Crippen molar-refractivity contribution in [2.24, 2.45) is 0 Å². The van der Waals surface area contributed by atoms with Crippen LogP contribution in [0.3, 0.4) is 0 Å². The van der Waals surface area contributed by atoms with Crippen LogP contribution in [-0.2, 0) is 16.8 Å². The highest BCUT2D eigenvalue weighted by atomic mass is 19.1. The number of hydrogen-bond donors (Lipinski definition) is 2. The van der Waals surface area contributed by atoms with Crippen molar-refractivity contribution in [3.63, 3.8) is 0 Å². The molecule has 0 aliphatic heterocycles. The third kappa shape index (κ3) is 8.37. The van der Waals surface area contributed by atoms with Gasteiger partial charge in [0.15, 0.2) is 17.5 Å². The molecule has 2 N–H and O–H groups in total. The minimum atomic E-state index is -0.969. The Morgan fingerprint density at radius 3 is 1.87 bits per heavy atom. The highest BCUT2D eigenvalue weighted by Crippen LogP contribution is 2.44. The number of hydrogen-bond acceptors (Lipinski definition) is 7. The van der Waals surface area contributed by atoms with E-state index in [4.69, 9.17) is 9.84 Å². The zero-order chi connectivity index (χ0) is 41.3. The zero-order valence-electron chi connectivity index (χ0n) is 33.6. The van der Waals surface area contributed by atoms with Gasteiger partial charge < -0.3 is 20.3 Å². The summed E-state index contributed by atoms with van der Waals surface area (Å²) >= 11 is 0. The third-order valence-electron chi connectivity index (χ3n) is 10.8. The number of anilines is 3. The molecule has 0 atom stereocenters. The van der Waals surface area contributed by atoms with E-state index in [1.54, 1.807) is 0 Å². The Morgan fingerprint density at radius 1 is 0.717 bits per heavy atom. The van der Waals surface area contributed by atoms with Gasteiger partial charge in [-0.15, -0.1) is 0 Å². The standard InChI is InChI=1S/C50H46FN7O2/c1-3-57(4-2)31-32-60-49-52-35-44(51)48(55-49)53-42-29-30-45-43(34-42)47(54-46(59)33-36-25-27-38(28-26-36)37-17-9-5-10-18-37)56-58(45)50(39-19-11-6-12-20-39,40-21-13-7-14-22-40)41-23-15-8-16-24-41/h5-30,34-35H,3-4,31-33H2,1-2H3,(H,52,53,55)(H,54,56,59). The fourth-order valence-corrected chi connectivity index (χ4v) is 7.71. The number of rotatable bonds is 16. The van der Waals surface area contributed by atoms with Gasteiger partial charge in [0.2, 0.25) is 5.91 Å². The van der Waals surface area contributed by atoms with Crippen molar-refractivity contribution < 1.29 is 13.9 Å². The molecule has 60 heavy (non-hydrogen) atoms. The van der Waals surface area contributed by atoms with Gasteiger partial charge in [-0.3, -0.25) is 4.79 Å². The summed E-state index contributed by atoms with van der Waals surface area (Å²) in [4.78, 5) is 24.7. The van der Waals surface area contributed by atoms with Gasteiger partial charge in [0.05, 0.1) is 18.1 Å². The first-order valence-electron chi connectivity index (χ1n) is 20.2. The molecule has 2 aromatic heterocycles. The van der Waals surface area contributed by atoms with Crippen LogP contribution in [0.25, 0.3) is 22.0 Å². The first kappa shape index (κ1) is 39.6. The van der Waals surface area contributed by atoms with Gasteiger partial charge in [0, 0.05) is 17.6 Å². The number of aromatic nitrogens is 4. The van der Waals surface area contributed by atoms with Crippen molar-refractivity contribution >= 4 is 34.1 Å². The summed E-state index contributed by atoms with van der Waals surface area (Å²) in [6.45, 7) is 7.03. The summed E-state index contributed by atoms with van der Waals surface area (Å²) in [6, 6.07) is 54.6. The van der Waals surface area contributed by atoms with Crippen LogP contribution < -0.4 is 15.4 Å². The molecule has 0 aliphatic rings. The molecule has 2 heterocycles. The number of nitrogens with zero attached hydrogens (tertiary/aromatic N) is 5. The Morgan fingerprint density at radius 2 is 1.28 bits per heavy atom. The normalized spacial score (nSPS) is 11.5. The number of benzene rings is 6. The highest BCUT2D eigenvalue weighted by molar-refractivity contribution is 6.02. The Balaban J connectivity index is 1.21. The Labute approximate surface area is 349 Å². The van der Waals surface area contributed by atoms with E-state index >= 15 is 4.39 Å². The van der Waals surface area contributed by atoms with Crippen LogP contribution in [0.15, 0.2) is 170 Å². The molecule has 0 radical (unpaired) electrons. The highest BCUT2D eigenvalue weighted by Gasteiger charge is 2.41. The van der Waals surface area contributed by atoms with Gasteiger partial charge in [0.1, 0.15) is 12.1 Å². The van der Waals surface area contributed by atoms with Crippen molar-refractivity contribution in [1.82, 2.24) is 24.6 Å². The summed E-state index contributed by atoms with van der Waals surface area (Å²) in [5.41, 5.74) is 6.26. The SMILES string of the molecule is CCN(CC)CCOc1ncc(F)c(Nc2ccc3c(c2)c(NC(=O)Cc2ccc(-c4ccccc4)cc2)nn3C(c2ccccc2)(c2ccccc2)c2ccccc2)n1. The van der Waals surface area contributed by atoms with Crippen LogP contribution >= 0.6 is 0 Å². The second-order valence-corrected chi connectivity index (χ2v) is 14.4. The number of fused-ring (bicyclic) bond motifs is 1. The van der Waals surface area contributed by atoms with Crippen LogP contribution in [0.5, 0.6) is 6.01 Å². The predicted octanol–water partition coefficient (Wildman–Crippen LogP) is 10.1. The number of carbonyl (C=O) groups excluding carboxylic acids is 1. The van der Waals surface area contributed by atoms with E-state index in [2.05, 4.69) is 87.9 Å². The Kier molecular flexibility index (Phi) is 12.0. The van der Waals surface area contributed by atoms with Gasteiger partial charge in [0.25, 0.3) is 0 Å². The van der Waals surface area contributed by atoms with Gasteiger partial charge >= 0.3 is 6.01 Å². The molecule has 0 saturated heterocycles. The molecule has 8 rings (SSSR count).